The fraction of sp³-hybridized carbons (Fsp3) is 0.462. The number of hydrogen-bond donors (Lipinski definition) is 1. The van der Waals surface area contributed by atoms with Crippen molar-refractivity contribution in [2.75, 3.05) is 0 Å². The van der Waals surface area contributed by atoms with Crippen LogP contribution in [0.25, 0.3) is 0 Å². The van der Waals surface area contributed by atoms with Crippen LogP contribution in [0.5, 0.6) is 0 Å². The molecule has 0 spiro atoms. The Morgan fingerprint density at radius 3 is 2.71 bits per heavy atom. The highest BCUT2D eigenvalue weighted by Gasteiger charge is 2.16. The van der Waals surface area contributed by atoms with Gasteiger partial charge < -0.3 is 5.32 Å². The Morgan fingerprint density at radius 1 is 1.47 bits per heavy atom. The molecule has 0 saturated heterocycles. The van der Waals surface area contributed by atoms with Gasteiger partial charge in [0.25, 0.3) is 5.91 Å². The molecule has 1 amide bonds. The molecule has 1 aromatic carbocycles. The van der Waals surface area contributed by atoms with E-state index in [1.807, 2.05) is 25.1 Å². The summed E-state index contributed by atoms with van der Waals surface area (Å²) in [5, 5.41) is 3.04. The van der Waals surface area contributed by atoms with E-state index in [-0.39, 0.29) is 11.9 Å². The Kier molecular flexibility index (Phi) is 5.92. The van der Waals surface area contributed by atoms with Gasteiger partial charge in [-0.05, 0) is 69.6 Å². The van der Waals surface area contributed by atoms with Gasteiger partial charge in [0.15, 0.2) is 0 Å². The standard InChI is InChI=1S/C13H17BrINO/c1-4-8(2)9(3)16-13(17)11-7-10(15)5-6-12(11)14/h5-9H,4H2,1-3H3,(H,16,17). The Labute approximate surface area is 125 Å². The summed E-state index contributed by atoms with van der Waals surface area (Å²) in [4.78, 5) is 12.1. The summed E-state index contributed by atoms with van der Waals surface area (Å²) >= 11 is 5.62. The van der Waals surface area contributed by atoms with E-state index >= 15 is 0 Å². The molecule has 0 fully saturated rings. The summed E-state index contributed by atoms with van der Waals surface area (Å²) in [5.41, 5.74) is 0.701. The number of rotatable bonds is 4. The molecular formula is C13H17BrINO. The van der Waals surface area contributed by atoms with E-state index in [2.05, 4.69) is 57.7 Å². The van der Waals surface area contributed by atoms with Crippen LogP contribution < -0.4 is 5.32 Å². The fourth-order valence-electron chi connectivity index (χ4n) is 1.45. The van der Waals surface area contributed by atoms with Crippen LogP contribution in [0.4, 0.5) is 0 Å². The molecule has 2 unspecified atom stereocenters. The van der Waals surface area contributed by atoms with Crippen molar-refractivity contribution >= 4 is 44.4 Å². The van der Waals surface area contributed by atoms with Crippen molar-refractivity contribution in [3.63, 3.8) is 0 Å². The van der Waals surface area contributed by atoms with Crippen LogP contribution in [-0.2, 0) is 0 Å². The summed E-state index contributed by atoms with van der Waals surface area (Å²) in [5.74, 6) is 0.476. The summed E-state index contributed by atoms with van der Waals surface area (Å²) in [6.07, 6.45) is 1.06. The van der Waals surface area contributed by atoms with Crippen molar-refractivity contribution in [3.05, 3.63) is 31.8 Å². The maximum absolute atomic E-state index is 12.1. The van der Waals surface area contributed by atoms with Crippen LogP contribution in [0.15, 0.2) is 22.7 Å². The van der Waals surface area contributed by atoms with Gasteiger partial charge in [-0.2, -0.15) is 0 Å². The van der Waals surface area contributed by atoms with Gasteiger partial charge >= 0.3 is 0 Å². The maximum Gasteiger partial charge on any atom is 0.252 e. The first kappa shape index (κ1) is 15.0. The molecular weight excluding hydrogens is 393 g/mol. The first-order chi connectivity index (χ1) is 7.95. The molecule has 17 heavy (non-hydrogen) atoms. The molecule has 1 aromatic rings. The van der Waals surface area contributed by atoms with Crippen molar-refractivity contribution < 1.29 is 4.79 Å². The lowest BCUT2D eigenvalue weighted by Crippen LogP contribution is -2.37. The normalized spacial score (nSPS) is 14.2. The fourth-order valence-corrected chi connectivity index (χ4v) is 2.37. The number of benzene rings is 1. The minimum absolute atomic E-state index is 0.0109. The molecule has 0 heterocycles. The first-order valence-corrected chi connectivity index (χ1v) is 7.58. The third-order valence-electron chi connectivity index (χ3n) is 3.03. The van der Waals surface area contributed by atoms with Crippen LogP contribution >= 0.6 is 38.5 Å². The molecule has 2 nitrogen and oxygen atoms in total. The Hall–Kier alpha value is -0.100. The van der Waals surface area contributed by atoms with Gasteiger partial charge in [-0.15, -0.1) is 0 Å². The number of nitrogens with one attached hydrogen (secondary N) is 1. The SMILES string of the molecule is CCC(C)C(C)NC(=O)c1cc(I)ccc1Br. The van der Waals surface area contributed by atoms with E-state index in [0.717, 1.165) is 14.5 Å². The predicted molar refractivity (Wildman–Crippen MR) is 83.2 cm³/mol. The van der Waals surface area contributed by atoms with E-state index in [4.69, 9.17) is 0 Å². The number of halogens is 2. The van der Waals surface area contributed by atoms with Crippen molar-refractivity contribution in [2.24, 2.45) is 5.92 Å². The molecule has 0 aliphatic carbocycles. The zero-order valence-electron chi connectivity index (χ0n) is 10.3. The Morgan fingerprint density at radius 2 is 2.12 bits per heavy atom. The van der Waals surface area contributed by atoms with Crippen molar-refractivity contribution in [1.29, 1.82) is 0 Å². The van der Waals surface area contributed by atoms with E-state index in [1.54, 1.807) is 0 Å². The van der Waals surface area contributed by atoms with Gasteiger partial charge in [0, 0.05) is 14.1 Å². The van der Waals surface area contributed by atoms with Gasteiger partial charge in [-0.3, -0.25) is 4.79 Å². The zero-order valence-corrected chi connectivity index (χ0v) is 14.0. The lowest BCUT2D eigenvalue weighted by atomic mass is 10.0. The average molecular weight is 410 g/mol. The van der Waals surface area contributed by atoms with Gasteiger partial charge in [-0.1, -0.05) is 20.3 Å². The van der Waals surface area contributed by atoms with Crippen molar-refractivity contribution in [3.8, 4) is 0 Å². The minimum Gasteiger partial charge on any atom is -0.349 e. The van der Waals surface area contributed by atoms with Crippen molar-refractivity contribution in [2.45, 2.75) is 33.2 Å². The summed E-state index contributed by atoms with van der Waals surface area (Å²) in [6, 6.07) is 5.96. The summed E-state index contributed by atoms with van der Waals surface area (Å²) in [7, 11) is 0. The molecule has 0 radical (unpaired) electrons. The molecule has 94 valence electrons. The van der Waals surface area contributed by atoms with Gasteiger partial charge in [0.1, 0.15) is 0 Å². The highest BCUT2D eigenvalue weighted by Crippen LogP contribution is 2.20. The van der Waals surface area contributed by atoms with Crippen LogP contribution in [0.2, 0.25) is 0 Å². The van der Waals surface area contributed by atoms with Crippen LogP contribution in [0.3, 0.4) is 0 Å². The second-order valence-electron chi connectivity index (χ2n) is 4.27. The molecule has 0 aromatic heterocycles. The van der Waals surface area contributed by atoms with Crippen LogP contribution in [0, 0.1) is 9.49 Å². The van der Waals surface area contributed by atoms with E-state index in [1.165, 1.54) is 0 Å². The second-order valence-corrected chi connectivity index (χ2v) is 6.37. The number of carbonyl (C=O) groups excluding carboxylic acids is 1. The van der Waals surface area contributed by atoms with Crippen LogP contribution in [-0.4, -0.2) is 11.9 Å². The summed E-state index contributed by atoms with van der Waals surface area (Å²) in [6.45, 7) is 6.33. The zero-order chi connectivity index (χ0) is 13.0. The molecule has 4 heteroatoms. The topological polar surface area (TPSA) is 29.1 Å². The van der Waals surface area contributed by atoms with E-state index < -0.39 is 0 Å². The van der Waals surface area contributed by atoms with E-state index in [0.29, 0.717) is 11.5 Å². The lowest BCUT2D eigenvalue weighted by molar-refractivity contribution is 0.0927. The molecule has 0 aliphatic heterocycles. The highest BCUT2D eigenvalue weighted by atomic mass is 127. The molecule has 0 aliphatic rings. The Balaban J connectivity index is 2.79. The second kappa shape index (κ2) is 6.73. The molecule has 2 atom stereocenters. The number of hydrogen-bond acceptors (Lipinski definition) is 1. The maximum atomic E-state index is 12.1. The van der Waals surface area contributed by atoms with Gasteiger partial charge in [0.05, 0.1) is 5.56 Å². The largest absolute Gasteiger partial charge is 0.349 e. The molecule has 0 saturated carbocycles. The van der Waals surface area contributed by atoms with Gasteiger partial charge in [0.2, 0.25) is 0 Å². The lowest BCUT2D eigenvalue weighted by Gasteiger charge is -2.20. The van der Waals surface area contributed by atoms with E-state index in [9.17, 15) is 4.79 Å². The van der Waals surface area contributed by atoms with Gasteiger partial charge in [-0.25, -0.2) is 0 Å². The quantitative estimate of drug-likeness (QED) is 0.741. The predicted octanol–water partition coefficient (Wildman–Crippen LogP) is 4.22. The minimum atomic E-state index is -0.0109. The number of carbonyl (C=O) groups is 1. The van der Waals surface area contributed by atoms with Crippen molar-refractivity contribution in [1.82, 2.24) is 5.32 Å². The van der Waals surface area contributed by atoms with Crippen LogP contribution in [0.1, 0.15) is 37.6 Å². The summed E-state index contributed by atoms with van der Waals surface area (Å²) < 4.78 is 1.90. The molecule has 0 bridgehead atoms. The number of amides is 1. The third kappa shape index (κ3) is 4.25. The smallest absolute Gasteiger partial charge is 0.252 e. The highest BCUT2D eigenvalue weighted by molar-refractivity contribution is 14.1. The first-order valence-electron chi connectivity index (χ1n) is 5.71. The third-order valence-corrected chi connectivity index (χ3v) is 4.39. The Bertz CT molecular complexity index is 408. The molecule has 1 N–H and O–H groups in total. The molecule has 1 rings (SSSR count). The monoisotopic (exact) mass is 409 g/mol. The average Bonchev–Trinajstić information content (AvgIpc) is 2.30.